The normalized spacial score (nSPS) is 20.9. The molecule has 35 heavy (non-hydrogen) atoms. The zero-order chi connectivity index (χ0) is 25.0. The number of fused-ring (bicyclic) bond motifs is 1. The minimum Gasteiger partial charge on any atom is -0.464 e. The van der Waals surface area contributed by atoms with Gasteiger partial charge >= 0.3 is 0 Å². The number of ether oxygens (including phenoxy) is 1. The number of aromatic nitrogens is 2. The number of hydrogen-bond acceptors (Lipinski definition) is 6. The highest BCUT2D eigenvalue weighted by Crippen LogP contribution is 2.32. The first-order valence-corrected chi connectivity index (χ1v) is 13.3. The van der Waals surface area contributed by atoms with E-state index in [2.05, 4.69) is 15.2 Å². The molecule has 7 nitrogen and oxygen atoms in total. The third-order valence-electron chi connectivity index (χ3n) is 6.87. The Labute approximate surface area is 208 Å². The van der Waals surface area contributed by atoms with Gasteiger partial charge in [-0.3, -0.25) is 14.5 Å². The number of hydrogen-bond donors (Lipinski definition) is 1. The van der Waals surface area contributed by atoms with Gasteiger partial charge in [0.25, 0.3) is 22.6 Å². The van der Waals surface area contributed by atoms with Gasteiger partial charge in [-0.2, -0.15) is 0 Å². The first kappa shape index (κ1) is 25.8. The van der Waals surface area contributed by atoms with Gasteiger partial charge in [0.1, 0.15) is 5.69 Å². The molecule has 2 aromatic rings. The Morgan fingerprint density at radius 1 is 1.29 bits per heavy atom. The fourth-order valence-corrected chi connectivity index (χ4v) is 5.84. The van der Waals surface area contributed by atoms with Crippen molar-refractivity contribution in [1.29, 1.82) is 0 Å². The zero-order valence-electron chi connectivity index (χ0n) is 20.4. The summed E-state index contributed by atoms with van der Waals surface area (Å²) in [5, 5.41) is 3.46. The van der Waals surface area contributed by atoms with E-state index in [4.69, 9.17) is 4.74 Å². The summed E-state index contributed by atoms with van der Waals surface area (Å²) in [5.41, 5.74) is 1.22. The molecule has 0 spiro atoms. The van der Waals surface area contributed by atoms with Crippen LogP contribution in [0.1, 0.15) is 67.0 Å². The first-order chi connectivity index (χ1) is 16.7. The SMILES string of the molecule is CCn1c(C(=O)NC2CCC(CCN3CCc4sc(OCC(C)(F)F)nc4C3)CC2)cccc1=O. The highest BCUT2D eigenvalue weighted by atomic mass is 32.1. The largest absolute Gasteiger partial charge is 0.464 e. The highest BCUT2D eigenvalue weighted by Gasteiger charge is 2.27. The minimum atomic E-state index is -2.86. The van der Waals surface area contributed by atoms with E-state index in [1.165, 1.54) is 22.0 Å². The van der Waals surface area contributed by atoms with E-state index >= 15 is 0 Å². The maximum atomic E-state index is 13.1. The van der Waals surface area contributed by atoms with E-state index < -0.39 is 12.5 Å². The van der Waals surface area contributed by atoms with E-state index in [1.807, 2.05) is 6.92 Å². The van der Waals surface area contributed by atoms with Gasteiger partial charge in [0.2, 0.25) is 0 Å². The number of amides is 1. The maximum Gasteiger partial charge on any atom is 0.278 e. The van der Waals surface area contributed by atoms with Crippen LogP contribution < -0.4 is 15.6 Å². The van der Waals surface area contributed by atoms with Crippen molar-refractivity contribution in [1.82, 2.24) is 19.8 Å². The monoisotopic (exact) mass is 508 g/mol. The molecule has 1 fully saturated rings. The van der Waals surface area contributed by atoms with Gasteiger partial charge in [-0.25, -0.2) is 13.8 Å². The number of halogens is 2. The Morgan fingerprint density at radius 3 is 2.77 bits per heavy atom. The topological polar surface area (TPSA) is 76.5 Å². The van der Waals surface area contributed by atoms with Crippen molar-refractivity contribution in [2.75, 3.05) is 19.7 Å². The predicted octanol–water partition coefficient (Wildman–Crippen LogP) is 4.10. The molecule has 4 rings (SSSR count). The third kappa shape index (κ3) is 6.88. The quantitative estimate of drug-likeness (QED) is 0.552. The lowest BCUT2D eigenvalue weighted by atomic mass is 9.84. The van der Waals surface area contributed by atoms with Crippen molar-refractivity contribution in [3.05, 3.63) is 44.8 Å². The fourth-order valence-electron chi connectivity index (χ4n) is 4.93. The molecule has 10 heteroatoms. The molecule has 2 aliphatic rings. The van der Waals surface area contributed by atoms with Crippen molar-refractivity contribution >= 4 is 17.2 Å². The van der Waals surface area contributed by atoms with Crippen LogP contribution in [-0.2, 0) is 19.5 Å². The summed E-state index contributed by atoms with van der Waals surface area (Å²) >= 11 is 1.38. The van der Waals surface area contributed by atoms with E-state index in [9.17, 15) is 18.4 Å². The number of rotatable bonds is 9. The van der Waals surface area contributed by atoms with Crippen molar-refractivity contribution in [3.63, 3.8) is 0 Å². The number of thiazole rings is 1. The summed E-state index contributed by atoms with van der Waals surface area (Å²) in [6, 6.07) is 4.95. The predicted molar refractivity (Wildman–Crippen MR) is 131 cm³/mol. The average Bonchev–Trinajstić information content (AvgIpc) is 3.24. The van der Waals surface area contributed by atoms with Gasteiger partial charge < -0.3 is 14.6 Å². The Bertz CT molecular complexity index is 1070. The standard InChI is InChI=1S/C25H34F2N4O3S/c1-3-31-20(5-4-6-22(31)32)23(33)28-18-9-7-17(8-10-18)11-13-30-14-12-21-19(15-30)29-24(35-21)34-16-25(2,26)27/h4-6,17-18H,3,7-16H2,1-2H3,(H,28,33). The zero-order valence-corrected chi connectivity index (χ0v) is 21.2. The van der Waals surface area contributed by atoms with E-state index in [0.717, 1.165) is 75.7 Å². The second kappa shape index (κ2) is 11.2. The van der Waals surface area contributed by atoms with Crippen molar-refractivity contribution in [2.24, 2.45) is 5.92 Å². The van der Waals surface area contributed by atoms with Crippen LogP contribution in [0.2, 0.25) is 0 Å². The molecule has 0 unspecified atom stereocenters. The molecule has 192 valence electrons. The third-order valence-corrected chi connectivity index (χ3v) is 7.94. The Hall–Kier alpha value is -2.33. The molecule has 2 aromatic heterocycles. The van der Waals surface area contributed by atoms with Crippen molar-refractivity contribution in [2.45, 2.75) is 77.4 Å². The molecular formula is C25H34F2N4O3S. The van der Waals surface area contributed by atoms with Crippen LogP contribution in [0, 0.1) is 5.92 Å². The highest BCUT2D eigenvalue weighted by molar-refractivity contribution is 7.13. The molecule has 0 saturated heterocycles. The van der Waals surface area contributed by atoms with Crippen LogP contribution in [-0.4, -0.2) is 52.0 Å². The lowest BCUT2D eigenvalue weighted by Crippen LogP contribution is -2.40. The molecule has 1 aliphatic heterocycles. The molecule has 1 amide bonds. The van der Waals surface area contributed by atoms with Crippen LogP contribution in [0.4, 0.5) is 8.78 Å². The number of carbonyl (C=O) groups excluding carboxylic acids is 1. The summed E-state index contributed by atoms with van der Waals surface area (Å²) in [6.45, 7) is 5.19. The number of alkyl halides is 2. The molecular weight excluding hydrogens is 474 g/mol. The number of pyridine rings is 1. The second-order valence-electron chi connectivity index (χ2n) is 9.71. The first-order valence-electron chi connectivity index (χ1n) is 12.4. The molecule has 0 radical (unpaired) electrons. The molecule has 3 heterocycles. The Balaban J connectivity index is 1.20. The average molecular weight is 509 g/mol. The minimum absolute atomic E-state index is 0.140. The Kier molecular flexibility index (Phi) is 8.21. The molecule has 1 N–H and O–H groups in total. The summed E-state index contributed by atoms with van der Waals surface area (Å²) < 4.78 is 32.8. The van der Waals surface area contributed by atoms with Gasteiger partial charge in [-0.15, -0.1) is 0 Å². The summed E-state index contributed by atoms with van der Waals surface area (Å²) in [4.78, 5) is 32.7. The summed E-state index contributed by atoms with van der Waals surface area (Å²) in [7, 11) is 0. The van der Waals surface area contributed by atoms with Crippen molar-refractivity contribution in [3.8, 4) is 5.19 Å². The molecule has 1 aliphatic carbocycles. The summed E-state index contributed by atoms with van der Waals surface area (Å²) in [6.07, 6.45) is 6.00. The molecule has 0 bridgehead atoms. The van der Waals surface area contributed by atoms with Crippen LogP contribution in [0.3, 0.4) is 0 Å². The smallest absolute Gasteiger partial charge is 0.278 e. The number of nitrogens with one attached hydrogen (secondary N) is 1. The van der Waals surface area contributed by atoms with Crippen LogP contribution in [0.5, 0.6) is 5.19 Å². The van der Waals surface area contributed by atoms with Gasteiger partial charge in [-0.1, -0.05) is 17.4 Å². The lowest BCUT2D eigenvalue weighted by Gasteiger charge is -2.32. The van der Waals surface area contributed by atoms with Crippen LogP contribution >= 0.6 is 11.3 Å². The van der Waals surface area contributed by atoms with Gasteiger partial charge in [0.15, 0.2) is 6.61 Å². The van der Waals surface area contributed by atoms with E-state index in [-0.39, 0.29) is 17.5 Å². The van der Waals surface area contributed by atoms with E-state index in [0.29, 0.717) is 23.4 Å². The second-order valence-corrected chi connectivity index (χ2v) is 10.8. The van der Waals surface area contributed by atoms with Gasteiger partial charge in [0, 0.05) is 43.5 Å². The molecule has 0 atom stereocenters. The van der Waals surface area contributed by atoms with Gasteiger partial charge in [0.05, 0.1) is 5.69 Å². The number of nitrogens with zero attached hydrogens (tertiary/aromatic N) is 3. The van der Waals surface area contributed by atoms with Gasteiger partial charge in [-0.05, 0) is 64.0 Å². The summed E-state index contributed by atoms with van der Waals surface area (Å²) in [5.74, 6) is -2.41. The fraction of sp³-hybridized carbons (Fsp3) is 0.640. The number of carbonyl (C=O) groups is 1. The van der Waals surface area contributed by atoms with Crippen molar-refractivity contribution < 1.29 is 18.3 Å². The lowest BCUT2D eigenvalue weighted by molar-refractivity contribution is -0.0230. The molecule has 0 aromatic carbocycles. The maximum absolute atomic E-state index is 13.1. The Morgan fingerprint density at radius 2 is 2.06 bits per heavy atom. The van der Waals surface area contributed by atoms with Crippen LogP contribution in [0.15, 0.2) is 23.0 Å². The molecule has 1 saturated carbocycles. The van der Waals surface area contributed by atoms with Crippen LogP contribution in [0.25, 0.3) is 0 Å². The van der Waals surface area contributed by atoms with E-state index in [1.54, 1.807) is 12.1 Å².